The van der Waals surface area contributed by atoms with Gasteiger partial charge in [0.2, 0.25) is 0 Å². The molecule has 13 heteroatoms. The first-order chi connectivity index (χ1) is 15.7. The standard InChI is InChI=1S/C21H14ClF7N2O3/c1-2-34-19(33)11-5-10-7-16(30-15(10)8-13(11)22)18(32)31-17(21(27,28)29)9-3-4-14(23)12(6-9)20(24,25)26/h3-8,17,30H,2H2,1H3,(H,31,32). The molecule has 0 aliphatic heterocycles. The van der Waals surface area contributed by atoms with Crippen LogP contribution in [0.2, 0.25) is 5.02 Å². The average Bonchev–Trinajstić information content (AvgIpc) is 3.13. The topological polar surface area (TPSA) is 71.2 Å². The summed E-state index contributed by atoms with van der Waals surface area (Å²) in [7, 11) is 0. The first-order valence-electron chi connectivity index (χ1n) is 9.46. The fourth-order valence-electron chi connectivity index (χ4n) is 3.14. The van der Waals surface area contributed by atoms with Crippen molar-refractivity contribution in [3.8, 4) is 0 Å². The molecule has 182 valence electrons. The molecule has 2 N–H and O–H groups in total. The van der Waals surface area contributed by atoms with E-state index in [0.717, 1.165) is 6.07 Å². The Morgan fingerprint density at radius 3 is 2.35 bits per heavy atom. The maximum Gasteiger partial charge on any atom is 0.419 e. The van der Waals surface area contributed by atoms with Crippen LogP contribution in [-0.4, -0.2) is 29.6 Å². The summed E-state index contributed by atoms with van der Waals surface area (Å²) in [6, 6.07) is 1.51. The molecule has 0 fully saturated rings. The SMILES string of the molecule is CCOC(=O)c1cc2cc(C(=O)NC(c3ccc(F)c(C(F)(F)F)c3)C(F)(F)F)[nH]c2cc1Cl. The zero-order valence-corrected chi connectivity index (χ0v) is 17.8. The van der Waals surface area contributed by atoms with Crippen LogP contribution in [0.1, 0.15) is 44.9 Å². The molecule has 3 rings (SSSR count). The summed E-state index contributed by atoms with van der Waals surface area (Å²) in [6.07, 6.45) is -10.4. The van der Waals surface area contributed by atoms with Crippen LogP contribution in [-0.2, 0) is 10.9 Å². The molecular formula is C21H14ClF7N2O3. The highest BCUT2D eigenvalue weighted by Crippen LogP contribution is 2.37. The van der Waals surface area contributed by atoms with Crippen molar-refractivity contribution >= 4 is 34.4 Å². The summed E-state index contributed by atoms with van der Waals surface area (Å²) < 4.78 is 98.0. The third kappa shape index (κ3) is 5.27. The Labute approximate surface area is 191 Å². The van der Waals surface area contributed by atoms with E-state index in [0.29, 0.717) is 6.07 Å². The van der Waals surface area contributed by atoms with Crippen molar-refractivity contribution in [2.75, 3.05) is 6.61 Å². The Hall–Kier alpha value is -3.28. The number of H-pyrrole nitrogens is 1. The van der Waals surface area contributed by atoms with Gasteiger partial charge in [0.1, 0.15) is 11.5 Å². The summed E-state index contributed by atoms with van der Waals surface area (Å²) in [6.45, 7) is 1.63. The number of carbonyl (C=O) groups is 2. The van der Waals surface area contributed by atoms with E-state index >= 15 is 0 Å². The first-order valence-corrected chi connectivity index (χ1v) is 9.83. The predicted molar refractivity (Wildman–Crippen MR) is 107 cm³/mol. The first kappa shape index (κ1) is 25.3. The van der Waals surface area contributed by atoms with E-state index in [1.165, 1.54) is 12.1 Å². The van der Waals surface area contributed by atoms with E-state index in [1.807, 2.05) is 0 Å². The Balaban J connectivity index is 1.96. The number of aromatic nitrogens is 1. The van der Waals surface area contributed by atoms with E-state index in [4.69, 9.17) is 16.3 Å². The lowest BCUT2D eigenvalue weighted by Gasteiger charge is -2.23. The van der Waals surface area contributed by atoms with Gasteiger partial charge in [0.25, 0.3) is 5.91 Å². The van der Waals surface area contributed by atoms with E-state index in [1.54, 1.807) is 12.2 Å². The molecule has 1 heterocycles. The summed E-state index contributed by atoms with van der Waals surface area (Å²) >= 11 is 6.02. The Bertz CT molecular complexity index is 1250. The van der Waals surface area contributed by atoms with Crippen molar-refractivity contribution in [1.82, 2.24) is 10.3 Å². The molecule has 0 saturated heterocycles. The smallest absolute Gasteiger partial charge is 0.419 e. The lowest BCUT2D eigenvalue weighted by atomic mass is 10.0. The molecule has 1 atom stereocenters. The van der Waals surface area contributed by atoms with E-state index in [-0.39, 0.29) is 45.9 Å². The lowest BCUT2D eigenvalue weighted by molar-refractivity contribution is -0.156. The molecule has 0 radical (unpaired) electrons. The quantitative estimate of drug-likeness (QED) is 0.318. The Kier molecular flexibility index (Phi) is 6.83. The van der Waals surface area contributed by atoms with Crippen molar-refractivity contribution in [3.63, 3.8) is 0 Å². The van der Waals surface area contributed by atoms with E-state index in [9.17, 15) is 40.3 Å². The van der Waals surface area contributed by atoms with Crippen LogP contribution in [0, 0.1) is 5.82 Å². The number of aromatic amines is 1. The number of hydrogen-bond donors (Lipinski definition) is 2. The molecule has 0 spiro atoms. The van der Waals surface area contributed by atoms with Gasteiger partial charge in [-0.1, -0.05) is 17.7 Å². The minimum Gasteiger partial charge on any atom is -0.462 e. The summed E-state index contributed by atoms with van der Waals surface area (Å²) in [4.78, 5) is 27.0. The number of amides is 1. The van der Waals surface area contributed by atoms with Gasteiger partial charge in [-0.15, -0.1) is 0 Å². The zero-order chi connectivity index (χ0) is 25.4. The van der Waals surface area contributed by atoms with E-state index < -0.39 is 47.2 Å². The van der Waals surface area contributed by atoms with E-state index in [2.05, 4.69) is 4.98 Å². The number of alkyl halides is 6. The minimum atomic E-state index is -5.24. The van der Waals surface area contributed by atoms with Crippen LogP contribution >= 0.6 is 11.6 Å². The van der Waals surface area contributed by atoms with Crippen molar-refractivity contribution in [1.29, 1.82) is 0 Å². The van der Waals surface area contributed by atoms with Gasteiger partial charge < -0.3 is 15.0 Å². The second-order valence-corrected chi connectivity index (χ2v) is 7.42. The molecule has 1 amide bonds. The second-order valence-electron chi connectivity index (χ2n) is 7.01. The molecule has 0 aliphatic carbocycles. The lowest BCUT2D eigenvalue weighted by Crippen LogP contribution is -2.38. The molecule has 5 nitrogen and oxygen atoms in total. The monoisotopic (exact) mass is 510 g/mol. The van der Waals surface area contributed by atoms with Gasteiger partial charge >= 0.3 is 18.3 Å². The number of hydrogen-bond acceptors (Lipinski definition) is 3. The van der Waals surface area contributed by atoms with Gasteiger partial charge in [0.15, 0.2) is 6.04 Å². The number of benzene rings is 2. The van der Waals surface area contributed by atoms with Gasteiger partial charge in [0.05, 0.1) is 22.8 Å². The van der Waals surface area contributed by atoms with Crippen LogP contribution in [0.4, 0.5) is 30.7 Å². The number of fused-ring (bicyclic) bond motifs is 1. The molecule has 0 aliphatic rings. The Morgan fingerprint density at radius 1 is 1.09 bits per heavy atom. The molecule has 3 aromatic rings. The molecule has 34 heavy (non-hydrogen) atoms. The maximum atomic E-state index is 13.6. The Morgan fingerprint density at radius 2 is 1.76 bits per heavy atom. The van der Waals surface area contributed by atoms with Gasteiger partial charge in [-0.2, -0.15) is 26.3 Å². The number of halogens is 8. The van der Waals surface area contributed by atoms with Crippen LogP contribution in [0.3, 0.4) is 0 Å². The summed E-state index contributed by atoms with van der Waals surface area (Å²) in [5.41, 5.74) is -3.15. The highest BCUT2D eigenvalue weighted by atomic mass is 35.5. The summed E-state index contributed by atoms with van der Waals surface area (Å²) in [5, 5.41) is 1.81. The van der Waals surface area contributed by atoms with Crippen LogP contribution in [0.15, 0.2) is 36.4 Å². The molecule has 0 bridgehead atoms. The van der Waals surface area contributed by atoms with Crippen molar-refractivity contribution < 1.29 is 45.1 Å². The fourth-order valence-corrected chi connectivity index (χ4v) is 3.39. The van der Waals surface area contributed by atoms with Gasteiger partial charge in [-0.3, -0.25) is 4.79 Å². The van der Waals surface area contributed by atoms with Crippen LogP contribution < -0.4 is 5.32 Å². The number of rotatable bonds is 5. The zero-order valence-electron chi connectivity index (χ0n) is 17.0. The summed E-state index contributed by atoms with van der Waals surface area (Å²) in [5.74, 6) is -3.82. The second kappa shape index (κ2) is 9.16. The average molecular weight is 511 g/mol. The number of esters is 1. The van der Waals surface area contributed by atoms with Crippen molar-refractivity contribution in [2.45, 2.75) is 25.3 Å². The molecule has 1 aromatic heterocycles. The maximum absolute atomic E-state index is 13.6. The van der Waals surface area contributed by atoms with Crippen molar-refractivity contribution in [2.24, 2.45) is 0 Å². The van der Waals surface area contributed by atoms with Crippen LogP contribution in [0.5, 0.6) is 0 Å². The molecule has 0 saturated carbocycles. The third-order valence-electron chi connectivity index (χ3n) is 4.68. The predicted octanol–water partition coefficient (Wildman–Crippen LogP) is 6.19. The van der Waals surface area contributed by atoms with Crippen LogP contribution in [0.25, 0.3) is 10.9 Å². The van der Waals surface area contributed by atoms with Gasteiger partial charge in [-0.25, -0.2) is 9.18 Å². The fraction of sp³-hybridized carbons (Fsp3) is 0.238. The molecule has 1 unspecified atom stereocenters. The normalized spacial score (nSPS) is 13.1. The molecular weight excluding hydrogens is 497 g/mol. The van der Waals surface area contributed by atoms with Gasteiger partial charge in [-0.05, 0) is 42.8 Å². The molecule has 2 aromatic carbocycles. The third-order valence-corrected chi connectivity index (χ3v) is 4.99. The minimum absolute atomic E-state index is 0.00955. The number of ether oxygens (including phenoxy) is 1. The van der Waals surface area contributed by atoms with Gasteiger partial charge in [0, 0.05) is 10.9 Å². The highest BCUT2D eigenvalue weighted by molar-refractivity contribution is 6.34. The highest BCUT2D eigenvalue weighted by Gasteiger charge is 2.44. The number of nitrogens with one attached hydrogen (secondary N) is 2. The number of carbonyl (C=O) groups excluding carboxylic acids is 2. The van der Waals surface area contributed by atoms with Crippen molar-refractivity contribution in [3.05, 3.63) is 69.6 Å². The largest absolute Gasteiger partial charge is 0.462 e.